The topological polar surface area (TPSA) is 63.8 Å². The lowest BCUT2D eigenvalue weighted by molar-refractivity contribution is 0.583. The smallest absolute Gasteiger partial charge is 0.125 e. The first-order chi connectivity index (χ1) is 5.24. The number of rotatable bonds is 2. The largest absolute Gasteiger partial charge is 0.271 e. The maximum Gasteiger partial charge on any atom is 0.125 e. The zero-order chi connectivity index (χ0) is 8.27. The van der Waals surface area contributed by atoms with E-state index in [9.17, 15) is 0 Å². The molecule has 1 heterocycles. The SMILES string of the molecule is Cc1nccc(C(C)NN)n1. The third-order valence-corrected chi connectivity index (χ3v) is 1.49. The summed E-state index contributed by atoms with van der Waals surface area (Å²) in [4.78, 5) is 8.17. The van der Waals surface area contributed by atoms with E-state index in [0.717, 1.165) is 11.5 Å². The summed E-state index contributed by atoms with van der Waals surface area (Å²) < 4.78 is 0. The molecule has 1 atom stereocenters. The van der Waals surface area contributed by atoms with Gasteiger partial charge in [-0.2, -0.15) is 0 Å². The van der Waals surface area contributed by atoms with Gasteiger partial charge in [0, 0.05) is 6.20 Å². The van der Waals surface area contributed by atoms with E-state index in [4.69, 9.17) is 5.84 Å². The van der Waals surface area contributed by atoms with Crippen molar-refractivity contribution in [3.8, 4) is 0 Å². The Balaban J connectivity index is 2.86. The molecular formula is C7H12N4. The Morgan fingerprint density at radius 1 is 1.64 bits per heavy atom. The Bertz CT molecular complexity index is 236. The van der Waals surface area contributed by atoms with Crippen molar-refractivity contribution in [2.45, 2.75) is 19.9 Å². The number of hydrogen-bond donors (Lipinski definition) is 2. The van der Waals surface area contributed by atoms with E-state index in [1.54, 1.807) is 6.20 Å². The van der Waals surface area contributed by atoms with Crippen LogP contribution in [0.3, 0.4) is 0 Å². The molecule has 0 radical (unpaired) electrons. The van der Waals surface area contributed by atoms with Crippen molar-refractivity contribution in [3.05, 3.63) is 23.8 Å². The summed E-state index contributed by atoms with van der Waals surface area (Å²) in [6, 6.07) is 1.93. The highest BCUT2D eigenvalue weighted by atomic mass is 15.2. The minimum atomic E-state index is 0.0803. The molecule has 1 rings (SSSR count). The predicted octanol–water partition coefficient (Wildman–Crippen LogP) is 0.309. The maximum atomic E-state index is 5.24. The Kier molecular flexibility index (Phi) is 2.51. The van der Waals surface area contributed by atoms with Gasteiger partial charge in [-0.1, -0.05) is 0 Å². The van der Waals surface area contributed by atoms with Crippen molar-refractivity contribution < 1.29 is 0 Å². The number of aromatic nitrogens is 2. The first-order valence-electron chi connectivity index (χ1n) is 3.49. The molecule has 1 aromatic rings. The minimum absolute atomic E-state index is 0.0803. The third kappa shape index (κ3) is 1.96. The average molecular weight is 152 g/mol. The highest BCUT2D eigenvalue weighted by Gasteiger charge is 2.02. The van der Waals surface area contributed by atoms with Gasteiger partial charge in [-0.3, -0.25) is 11.3 Å². The van der Waals surface area contributed by atoms with Crippen molar-refractivity contribution >= 4 is 0 Å². The summed E-state index contributed by atoms with van der Waals surface area (Å²) in [7, 11) is 0. The fraction of sp³-hybridized carbons (Fsp3) is 0.429. The molecule has 0 aliphatic rings. The lowest BCUT2D eigenvalue weighted by Crippen LogP contribution is -2.26. The second kappa shape index (κ2) is 3.41. The van der Waals surface area contributed by atoms with Crippen LogP contribution in [0.25, 0.3) is 0 Å². The van der Waals surface area contributed by atoms with E-state index in [1.807, 2.05) is 19.9 Å². The molecular weight excluding hydrogens is 140 g/mol. The van der Waals surface area contributed by atoms with E-state index in [0.29, 0.717) is 0 Å². The zero-order valence-corrected chi connectivity index (χ0v) is 6.70. The van der Waals surface area contributed by atoms with Crippen LogP contribution in [-0.4, -0.2) is 9.97 Å². The summed E-state index contributed by atoms with van der Waals surface area (Å²) in [5.41, 5.74) is 3.53. The van der Waals surface area contributed by atoms with Gasteiger partial charge in [0.15, 0.2) is 0 Å². The summed E-state index contributed by atoms with van der Waals surface area (Å²) >= 11 is 0. The molecule has 0 fully saturated rings. The van der Waals surface area contributed by atoms with Gasteiger partial charge in [0.2, 0.25) is 0 Å². The van der Waals surface area contributed by atoms with Crippen LogP contribution in [-0.2, 0) is 0 Å². The molecule has 3 N–H and O–H groups in total. The third-order valence-electron chi connectivity index (χ3n) is 1.49. The van der Waals surface area contributed by atoms with Crippen molar-refractivity contribution in [3.63, 3.8) is 0 Å². The van der Waals surface area contributed by atoms with E-state index < -0.39 is 0 Å². The molecule has 0 bridgehead atoms. The van der Waals surface area contributed by atoms with Crippen LogP contribution in [0.4, 0.5) is 0 Å². The number of hydrogen-bond acceptors (Lipinski definition) is 4. The Morgan fingerprint density at radius 2 is 2.36 bits per heavy atom. The number of aryl methyl sites for hydroxylation is 1. The molecule has 0 spiro atoms. The van der Waals surface area contributed by atoms with Crippen LogP contribution < -0.4 is 11.3 Å². The summed E-state index contributed by atoms with van der Waals surface area (Å²) in [6.07, 6.45) is 1.73. The highest BCUT2D eigenvalue weighted by molar-refractivity contribution is 5.05. The molecule has 11 heavy (non-hydrogen) atoms. The molecule has 0 saturated heterocycles. The molecule has 4 heteroatoms. The monoisotopic (exact) mass is 152 g/mol. The molecule has 1 unspecified atom stereocenters. The minimum Gasteiger partial charge on any atom is -0.271 e. The van der Waals surface area contributed by atoms with Crippen LogP contribution in [0, 0.1) is 6.92 Å². The van der Waals surface area contributed by atoms with Crippen LogP contribution in [0.15, 0.2) is 12.3 Å². The number of nitrogens with one attached hydrogen (secondary N) is 1. The Morgan fingerprint density at radius 3 is 2.91 bits per heavy atom. The lowest BCUT2D eigenvalue weighted by atomic mass is 10.2. The standard InChI is InChI=1S/C7H12N4/c1-5(11-8)7-3-4-9-6(2)10-7/h3-5,11H,8H2,1-2H3. The molecule has 0 amide bonds. The number of nitrogens with two attached hydrogens (primary N) is 1. The predicted molar refractivity (Wildman–Crippen MR) is 42.5 cm³/mol. The fourth-order valence-electron chi connectivity index (χ4n) is 0.801. The van der Waals surface area contributed by atoms with Crippen LogP contribution >= 0.6 is 0 Å². The van der Waals surface area contributed by atoms with E-state index in [-0.39, 0.29) is 6.04 Å². The van der Waals surface area contributed by atoms with Gasteiger partial charge in [-0.25, -0.2) is 9.97 Å². The normalized spacial score (nSPS) is 13.0. The summed E-state index contributed by atoms with van der Waals surface area (Å²) in [6.45, 7) is 3.80. The number of hydrazine groups is 1. The first-order valence-corrected chi connectivity index (χ1v) is 3.49. The lowest BCUT2D eigenvalue weighted by Gasteiger charge is -2.08. The van der Waals surface area contributed by atoms with Crippen LogP contribution in [0.5, 0.6) is 0 Å². The molecule has 4 nitrogen and oxygen atoms in total. The Hall–Kier alpha value is -1.00. The molecule has 0 aliphatic carbocycles. The van der Waals surface area contributed by atoms with Crippen LogP contribution in [0.2, 0.25) is 0 Å². The average Bonchev–Trinajstić information content (AvgIpc) is 2.03. The van der Waals surface area contributed by atoms with E-state index in [1.165, 1.54) is 0 Å². The van der Waals surface area contributed by atoms with E-state index in [2.05, 4.69) is 15.4 Å². The van der Waals surface area contributed by atoms with Gasteiger partial charge in [0.1, 0.15) is 5.82 Å². The molecule has 0 saturated carbocycles. The van der Waals surface area contributed by atoms with Gasteiger partial charge in [0.05, 0.1) is 11.7 Å². The zero-order valence-electron chi connectivity index (χ0n) is 6.70. The maximum absolute atomic E-state index is 5.24. The van der Waals surface area contributed by atoms with Gasteiger partial charge >= 0.3 is 0 Å². The van der Waals surface area contributed by atoms with Gasteiger partial charge in [0.25, 0.3) is 0 Å². The van der Waals surface area contributed by atoms with Gasteiger partial charge in [-0.15, -0.1) is 0 Å². The van der Waals surface area contributed by atoms with Crippen LogP contribution in [0.1, 0.15) is 24.5 Å². The second-order valence-corrected chi connectivity index (χ2v) is 2.42. The molecule has 60 valence electrons. The first kappa shape index (κ1) is 8.10. The summed E-state index contributed by atoms with van der Waals surface area (Å²) in [5, 5.41) is 0. The molecule has 1 aromatic heterocycles. The highest BCUT2D eigenvalue weighted by Crippen LogP contribution is 2.05. The fourth-order valence-corrected chi connectivity index (χ4v) is 0.801. The quantitative estimate of drug-likeness (QED) is 0.473. The Labute approximate surface area is 65.8 Å². The molecule has 0 aliphatic heterocycles. The van der Waals surface area contributed by atoms with Gasteiger partial charge in [-0.05, 0) is 19.9 Å². The van der Waals surface area contributed by atoms with Gasteiger partial charge < -0.3 is 0 Å². The van der Waals surface area contributed by atoms with Crippen molar-refractivity contribution in [2.75, 3.05) is 0 Å². The van der Waals surface area contributed by atoms with Crippen molar-refractivity contribution in [1.82, 2.24) is 15.4 Å². The summed E-state index contributed by atoms with van der Waals surface area (Å²) in [5.74, 6) is 6.01. The number of nitrogens with zero attached hydrogens (tertiary/aromatic N) is 2. The second-order valence-electron chi connectivity index (χ2n) is 2.42. The van der Waals surface area contributed by atoms with E-state index >= 15 is 0 Å². The molecule has 0 aromatic carbocycles. The van der Waals surface area contributed by atoms with Crippen molar-refractivity contribution in [1.29, 1.82) is 0 Å². The van der Waals surface area contributed by atoms with Crippen molar-refractivity contribution in [2.24, 2.45) is 5.84 Å².